The summed E-state index contributed by atoms with van der Waals surface area (Å²) in [6, 6.07) is 30.7. The molecule has 0 atom stereocenters. The fourth-order valence-corrected chi connectivity index (χ4v) is 7.41. The predicted octanol–water partition coefficient (Wildman–Crippen LogP) is 12.2. The SMILES string of the molecule is [2H]c1c([2H])c([2H])c(-c2cccc(-c3c([2H])c([2H])c([2H])c([2H])c3[2H])c2-[n+]2cn(-c3cccc(Oc4ccc5c6ccccc6n(-c6nccc(C(C)(C)C)n6)c5c4)c3)c3ccccc32)c([2H])c1[2H]. The molecule has 0 bridgehead atoms. The van der Waals surface area contributed by atoms with Crippen LogP contribution < -0.4 is 9.30 Å². The third kappa shape index (κ3) is 6.12. The van der Waals surface area contributed by atoms with Crippen molar-refractivity contribution in [1.82, 2.24) is 19.1 Å². The van der Waals surface area contributed by atoms with Gasteiger partial charge in [0.1, 0.15) is 22.9 Å². The van der Waals surface area contributed by atoms with Crippen LogP contribution in [0.3, 0.4) is 0 Å². The first-order valence-corrected chi connectivity index (χ1v) is 18.5. The van der Waals surface area contributed by atoms with Crippen molar-refractivity contribution in [3.8, 4) is 51.1 Å². The van der Waals surface area contributed by atoms with Crippen LogP contribution in [-0.4, -0.2) is 19.1 Å². The molecule has 0 aliphatic rings. The molecule has 274 valence electrons. The number of nitrogens with zero attached hydrogens (tertiary/aromatic N) is 5. The number of fused-ring (bicyclic) bond motifs is 4. The van der Waals surface area contributed by atoms with Crippen molar-refractivity contribution in [3.63, 3.8) is 0 Å². The molecule has 0 aliphatic heterocycles. The Bertz CT molecular complexity index is 3540. The molecule has 57 heavy (non-hydrogen) atoms. The van der Waals surface area contributed by atoms with Crippen molar-refractivity contribution in [1.29, 1.82) is 0 Å². The molecule has 0 fully saturated rings. The van der Waals surface area contributed by atoms with E-state index in [1.54, 1.807) is 35.3 Å². The largest absolute Gasteiger partial charge is 0.457 e. The van der Waals surface area contributed by atoms with Gasteiger partial charge in [-0.1, -0.05) is 136 Å². The fraction of sp³-hybridized carbons (Fsp3) is 0.0784. The Kier molecular flexibility index (Phi) is 6.03. The first-order chi connectivity index (χ1) is 32.0. The summed E-state index contributed by atoms with van der Waals surface area (Å²) in [5.41, 5.74) is 4.92. The molecular weight excluding hydrogens is 699 g/mol. The maximum absolute atomic E-state index is 9.00. The van der Waals surface area contributed by atoms with Gasteiger partial charge in [-0.3, -0.25) is 4.57 Å². The highest BCUT2D eigenvalue weighted by atomic mass is 16.5. The highest BCUT2D eigenvalue weighted by Crippen LogP contribution is 2.37. The van der Waals surface area contributed by atoms with Gasteiger partial charge in [-0.05, 0) is 59.7 Å². The van der Waals surface area contributed by atoms with E-state index in [4.69, 9.17) is 28.4 Å². The molecular formula is C51H40N5O+. The number of ether oxygens (including phenoxy) is 1. The minimum atomic E-state index is -0.560. The summed E-state index contributed by atoms with van der Waals surface area (Å²) >= 11 is 0. The molecule has 10 aromatic rings. The number of benzene rings is 7. The van der Waals surface area contributed by atoms with Crippen LogP contribution in [0.2, 0.25) is 0 Å². The van der Waals surface area contributed by atoms with Gasteiger partial charge in [-0.25, -0.2) is 9.97 Å². The van der Waals surface area contributed by atoms with Crippen LogP contribution in [0.1, 0.15) is 40.2 Å². The lowest BCUT2D eigenvalue weighted by atomic mass is 9.92. The molecule has 10 rings (SSSR count). The standard InChI is InChI=1S/C51H40N5O/c1-51(2,3)48-30-31-52-50(53-48)56-44-25-11-10-22-42(44)43-29-28-39(33-47(43)56)57-38-21-14-20-37(32-38)54-34-55(46-27-13-12-26-45(46)54)49-40(35-16-6-4-7-17-35)23-15-24-41(49)36-18-8-5-9-19-36/h4-34H,1-3H3/q+1/i4D,5D,6D,7D,8D,9D,16D,17D,18D,19D. The lowest BCUT2D eigenvalue weighted by Crippen LogP contribution is -2.30. The Morgan fingerprint density at radius 2 is 1.26 bits per heavy atom. The maximum atomic E-state index is 9.00. The van der Waals surface area contributed by atoms with Gasteiger partial charge >= 0.3 is 0 Å². The van der Waals surface area contributed by atoms with E-state index in [1.807, 2.05) is 89.5 Å². The van der Waals surface area contributed by atoms with E-state index < -0.39 is 60.4 Å². The molecule has 7 aromatic carbocycles. The van der Waals surface area contributed by atoms with E-state index in [-0.39, 0.29) is 33.4 Å². The topological polar surface area (TPSA) is 48.8 Å². The van der Waals surface area contributed by atoms with Crippen LogP contribution in [0.5, 0.6) is 11.5 Å². The monoisotopic (exact) mass is 748 g/mol. The van der Waals surface area contributed by atoms with Crippen LogP contribution in [0.25, 0.3) is 72.4 Å². The summed E-state index contributed by atoms with van der Waals surface area (Å²) in [4.78, 5) is 9.71. The molecule has 0 amide bonds. The summed E-state index contributed by atoms with van der Waals surface area (Å²) in [6.07, 6.45) is 3.56. The molecule has 3 heterocycles. The van der Waals surface area contributed by atoms with Crippen molar-refractivity contribution in [3.05, 3.63) is 194 Å². The van der Waals surface area contributed by atoms with Gasteiger partial charge in [-0.15, -0.1) is 0 Å². The lowest BCUT2D eigenvalue weighted by molar-refractivity contribution is -0.566. The Morgan fingerprint density at radius 3 is 2.00 bits per heavy atom. The second-order valence-electron chi connectivity index (χ2n) is 14.7. The molecule has 0 N–H and O–H groups in total. The van der Waals surface area contributed by atoms with Crippen LogP contribution in [0, 0.1) is 0 Å². The van der Waals surface area contributed by atoms with Crippen molar-refractivity contribution in [2.45, 2.75) is 26.2 Å². The molecule has 0 aliphatic carbocycles. The average molecular weight is 749 g/mol. The molecule has 0 saturated carbocycles. The van der Waals surface area contributed by atoms with Gasteiger partial charge < -0.3 is 4.74 Å². The number of hydrogen-bond acceptors (Lipinski definition) is 3. The van der Waals surface area contributed by atoms with E-state index >= 15 is 0 Å². The van der Waals surface area contributed by atoms with Gasteiger partial charge in [0.2, 0.25) is 5.95 Å². The number of rotatable bonds is 7. The van der Waals surface area contributed by atoms with Gasteiger partial charge in [0, 0.05) is 45.6 Å². The highest BCUT2D eigenvalue weighted by Gasteiger charge is 2.25. The van der Waals surface area contributed by atoms with E-state index in [9.17, 15) is 0 Å². The Balaban J connectivity index is 1.15. The van der Waals surface area contributed by atoms with Gasteiger partial charge in [0.25, 0.3) is 6.33 Å². The van der Waals surface area contributed by atoms with Crippen LogP contribution in [-0.2, 0) is 5.41 Å². The third-order valence-corrected chi connectivity index (χ3v) is 10.0. The van der Waals surface area contributed by atoms with E-state index in [1.165, 1.54) is 0 Å². The zero-order valence-electron chi connectivity index (χ0n) is 41.3. The van der Waals surface area contributed by atoms with Crippen molar-refractivity contribution >= 4 is 32.8 Å². The summed E-state index contributed by atoms with van der Waals surface area (Å²) in [6.45, 7) is 6.35. The highest BCUT2D eigenvalue weighted by molar-refractivity contribution is 6.09. The minimum absolute atomic E-state index is 0.112. The van der Waals surface area contributed by atoms with Crippen molar-refractivity contribution in [2.75, 3.05) is 0 Å². The van der Waals surface area contributed by atoms with Crippen molar-refractivity contribution < 1.29 is 23.0 Å². The van der Waals surface area contributed by atoms with E-state index in [2.05, 4.69) is 37.5 Å². The fourth-order valence-electron chi connectivity index (χ4n) is 7.41. The van der Waals surface area contributed by atoms with Crippen LogP contribution >= 0.6 is 0 Å². The number of hydrogen-bond donors (Lipinski definition) is 0. The Labute approximate surface area is 345 Å². The molecule has 0 radical (unpaired) electrons. The third-order valence-electron chi connectivity index (χ3n) is 10.0. The first kappa shape index (κ1) is 25.0. The summed E-state index contributed by atoms with van der Waals surface area (Å²) < 4.78 is 99.2. The van der Waals surface area contributed by atoms with E-state index in [0.717, 1.165) is 27.5 Å². The van der Waals surface area contributed by atoms with Crippen LogP contribution in [0.15, 0.2) is 188 Å². The number of aromatic nitrogens is 5. The van der Waals surface area contributed by atoms with Crippen molar-refractivity contribution in [2.24, 2.45) is 0 Å². The predicted molar refractivity (Wildman–Crippen MR) is 231 cm³/mol. The minimum Gasteiger partial charge on any atom is -0.457 e. The first-order valence-electron chi connectivity index (χ1n) is 23.5. The molecule has 0 saturated heterocycles. The van der Waals surface area contributed by atoms with Crippen LogP contribution in [0.4, 0.5) is 0 Å². The zero-order valence-corrected chi connectivity index (χ0v) is 31.3. The van der Waals surface area contributed by atoms with E-state index in [0.29, 0.717) is 34.2 Å². The molecule has 3 aromatic heterocycles. The molecule has 0 spiro atoms. The second-order valence-corrected chi connectivity index (χ2v) is 14.7. The molecule has 0 unspecified atom stereocenters. The maximum Gasteiger partial charge on any atom is 0.255 e. The smallest absolute Gasteiger partial charge is 0.255 e. The molecule has 6 nitrogen and oxygen atoms in total. The van der Waals surface area contributed by atoms with Gasteiger partial charge in [0.15, 0.2) is 11.0 Å². The number of imidazole rings is 1. The zero-order chi connectivity index (χ0) is 47.2. The quantitative estimate of drug-likeness (QED) is 0.153. The normalized spacial score (nSPS) is 14.2. The average Bonchev–Trinajstić information content (AvgIpc) is 3.87. The summed E-state index contributed by atoms with van der Waals surface area (Å²) in [7, 11) is 0. The second kappa shape index (κ2) is 13.8. The summed E-state index contributed by atoms with van der Waals surface area (Å²) in [5.74, 6) is 1.64. The molecule has 6 heteroatoms. The lowest BCUT2D eigenvalue weighted by Gasteiger charge is -2.18. The summed E-state index contributed by atoms with van der Waals surface area (Å²) in [5, 5.41) is 2.06. The number of para-hydroxylation sites is 4. The van der Waals surface area contributed by atoms with Gasteiger partial charge in [0.05, 0.1) is 30.4 Å². The Hall–Kier alpha value is -7.31. The Morgan fingerprint density at radius 1 is 0.614 bits per heavy atom. The van der Waals surface area contributed by atoms with Gasteiger partial charge in [-0.2, -0.15) is 9.13 Å².